The number of amides is 1. The van der Waals surface area contributed by atoms with Crippen LogP contribution >= 0.6 is 11.3 Å². The lowest BCUT2D eigenvalue weighted by Gasteiger charge is -2.34. The van der Waals surface area contributed by atoms with Crippen LogP contribution in [-0.2, 0) is 13.0 Å². The van der Waals surface area contributed by atoms with Crippen LogP contribution < -0.4 is 0 Å². The van der Waals surface area contributed by atoms with E-state index in [4.69, 9.17) is 0 Å². The number of nitrogens with zero attached hydrogens (tertiary/aromatic N) is 4. The number of aromatic nitrogens is 2. The van der Waals surface area contributed by atoms with Gasteiger partial charge in [0.1, 0.15) is 0 Å². The Morgan fingerprint density at radius 3 is 2.65 bits per heavy atom. The van der Waals surface area contributed by atoms with Crippen molar-refractivity contribution in [2.75, 3.05) is 26.2 Å². The van der Waals surface area contributed by atoms with Gasteiger partial charge in [-0.1, -0.05) is 6.92 Å². The van der Waals surface area contributed by atoms with E-state index in [1.807, 2.05) is 24.0 Å². The minimum atomic E-state index is 0.0825. The summed E-state index contributed by atoms with van der Waals surface area (Å²) in [4.78, 5) is 25.6. The minimum Gasteiger partial charge on any atom is -0.336 e. The monoisotopic (exact) mass is 330 g/mol. The summed E-state index contributed by atoms with van der Waals surface area (Å²) < 4.78 is 0. The van der Waals surface area contributed by atoms with Gasteiger partial charge in [-0.05, 0) is 25.5 Å². The first-order valence-corrected chi connectivity index (χ1v) is 8.91. The Morgan fingerprint density at radius 2 is 2.04 bits per heavy atom. The zero-order valence-electron chi connectivity index (χ0n) is 13.7. The summed E-state index contributed by atoms with van der Waals surface area (Å²) in [7, 11) is 0. The standard InChI is InChI=1S/C17H22N4OS/c1-3-16-19-15(12-23-16)11-20-6-8-21(9-7-20)17(22)14-5-4-13(2)18-10-14/h4-5,10,12H,3,6-9,11H2,1-2H3. The van der Waals surface area contributed by atoms with Gasteiger partial charge in [0.15, 0.2) is 0 Å². The molecule has 5 nitrogen and oxygen atoms in total. The van der Waals surface area contributed by atoms with Gasteiger partial charge in [-0.2, -0.15) is 0 Å². The van der Waals surface area contributed by atoms with Crippen LogP contribution in [-0.4, -0.2) is 51.9 Å². The molecule has 23 heavy (non-hydrogen) atoms. The van der Waals surface area contributed by atoms with Crippen molar-refractivity contribution >= 4 is 17.2 Å². The van der Waals surface area contributed by atoms with E-state index in [-0.39, 0.29) is 5.91 Å². The van der Waals surface area contributed by atoms with Gasteiger partial charge < -0.3 is 4.90 Å². The van der Waals surface area contributed by atoms with Crippen LogP contribution in [0.5, 0.6) is 0 Å². The first-order valence-electron chi connectivity index (χ1n) is 8.03. The second kappa shape index (κ2) is 7.19. The molecule has 1 aliphatic heterocycles. The lowest BCUT2D eigenvalue weighted by Crippen LogP contribution is -2.48. The van der Waals surface area contributed by atoms with Gasteiger partial charge in [0.05, 0.1) is 16.3 Å². The number of rotatable bonds is 4. The molecule has 1 saturated heterocycles. The highest BCUT2D eigenvalue weighted by Crippen LogP contribution is 2.14. The van der Waals surface area contributed by atoms with E-state index in [0.717, 1.165) is 50.5 Å². The highest BCUT2D eigenvalue weighted by molar-refractivity contribution is 7.09. The van der Waals surface area contributed by atoms with Gasteiger partial charge >= 0.3 is 0 Å². The fourth-order valence-corrected chi connectivity index (χ4v) is 3.43. The Hall–Kier alpha value is -1.79. The fourth-order valence-electron chi connectivity index (χ4n) is 2.70. The highest BCUT2D eigenvalue weighted by atomic mass is 32.1. The molecule has 1 aliphatic rings. The van der Waals surface area contributed by atoms with Crippen LogP contribution in [0.3, 0.4) is 0 Å². The molecule has 0 aliphatic carbocycles. The first kappa shape index (κ1) is 16.1. The number of piperazine rings is 1. The number of pyridine rings is 1. The van der Waals surface area contributed by atoms with Crippen molar-refractivity contribution in [2.24, 2.45) is 0 Å². The molecule has 6 heteroatoms. The molecule has 0 saturated carbocycles. The highest BCUT2D eigenvalue weighted by Gasteiger charge is 2.22. The van der Waals surface area contributed by atoms with Crippen LogP contribution in [0, 0.1) is 6.92 Å². The van der Waals surface area contributed by atoms with Crippen molar-refractivity contribution in [3.8, 4) is 0 Å². The van der Waals surface area contributed by atoms with E-state index in [2.05, 4.69) is 27.2 Å². The first-order chi connectivity index (χ1) is 11.2. The van der Waals surface area contributed by atoms with Crippen molar-refractivity contribution in [1.29, 1.82) is 0 Å². The Balaban J connectivity index is 1.53. The molecule has 0 atom stereocenters. The fraction of sp³-hybridized carbons (Fsp3) is 0.471. The molecule has 3 rings (SSSR count). The molecule has 0 aromatic carbocycles. The zero-order valence-corrected chi connectivity index (χ0v) is 14.5. The molecule has 0 spiro atoms. The smallest absolute Gasteiger partial charge is 0.255 e. The van der Waals surface area contributed by atoms with E-state index in [0.29, 0.717) is 5.56 Å². The maximum Gasteiger partial charge on any atom is 0.255 e. The minimum absolute atomic E-state index is 0.0825. The molecule has 1 amide bonds. The van der Waals surface area contributed by atoms with E-state index < -0.39 is 0 Å². The summed E-state index contributed by atoms with van der Waals surface area (Å²) in [5, 5.41) is 3.34. The van der Waals surface area contributed by atoms with Gasteiger partial charge in [-0.15, -0.1) is 11.3 Å². The SMILES string of the molecule is CCc1nc(CN2CCN(C(=O)c3ccc(C)nc3)CC2)cs1. The predicted molar refractivity (Wildman–Crippen MR) is 91.6 cm³/mol. The van der Waals surface area contributed by atoms with Crippen molar-refractivity contribution < 1.29 is 4.79 Å². The molecule has 0 unspecified atom stereocenters. The second-order valence-electron chi connectivity index (χ2n) is 5.84. The van der Waals surface area contributed by atoms with E-state index in [1.54, 1.807) is 17.5 Å². The maximum absolute atomic E-state index is 12.5. The number of hydrogen-bond acceptors (Lipinski definition) is 5. The topological polar surface area (TPSA) is 49.3 Å². The summed E-state index contributed by atoms with van der Waals surface area (Å²) in [5.74, 6) is 0.0825. The normalized spacial score (nSPS) is 15.8. The summed E-state index contributed by atoms with van der Waals surface area (Å²) in [5.41, 5.74) is 2.76. The van der Waals surface area contributed by atoms with Gasteiger partial charge in [0.2, 0.25) is 0 Å². The van der Waals surface area contributed by atoms with Gasteiger partial charge in [-0.3, -0.25) is 14.7 Å². The molecule has 0 bridgehead atoms. The van der Waals surface area contributed by atoms with E-state index in [9.17, 15) is 4.79 Å². The number of hydrogen-bond donors (Lipinski definition) is 0. The summed E-state index contributed by atoms with van der Waals surface area (Å²) in [6.45, 7) is 8.25. The van der Waals surface area contributed by atoms with Crippen LogP contribution in [0.15, 0.2) is 23.7 Å². The molecule has 2 aromatic rings. The number of carbonyl (C=O) groups excluding carboxylic acids is 1. The molecule has 122 valence electrons. The number of aryl methyl sites for hydroxylation is 2. The third kappa shape index (κ3) is 3.95. The predicted octanol–water partition coefficient (Wildman–Crippen LogP) is 2.37. The zero-order chi connectivity index (χ0) is 16.2. The molecular formula is C17H22N4OS. The number of thiazole rings is 1. The summed E-state index contributed by atoms with van der Waals surface area (Å²) in [6.07, 6.45) is 2.67. The molecule has 0 radical (unpaired) electrons. The van der Waals surface area contributed by atoms with Crippen LogP contribution in [0.4, 0.5) is 0 Å². The Labute approximate surface area is 141 Å². The van der Waals surface area contributed by atoms with Gasteiger partial charge in [0.25, 0.3) is 5.91 Å². The lowest BCUT2D eigenvalue weighted by atomic mass is 10.2. The van der Waals surface area contributed by atoms with Crippen molar-refractivity contribution in [2.45, 2.75) is 26.8 Å². The maximum atomic E-state index is 12.5. The Morgan fingerprint density at radius 1 is 1.26 bits per heavy atom. The van der Waals surface area contributed by atoms with Crippen molar-refractivity contribution in [1.82, 2.24) is 19.8 Å². The summed E-state index contributed by atoms with van der Waals surface area (Å²) in [6, 6.07) is 3.75. The van der Waals surface area contributed by atoms with E-state index >= 15 is 0 Å². The summed E-state index contributed by atoms with van der Waals surface area (Å²) >= 11 is 1.73. The Bertz CT molecular complexity index is 659. The molecule has 1 fully saturated rings. The quantitative estimate of drug-likeness (QED) is 0.863. The average Bonchev–Trinajstić information content (AvgIpc) is 3.03. The second-order valence-corrected chi connectivity index (χ2v) is 6.79. The van der Waals surface area contributed by atoms with Crippen LogP contribution in [0.25, 0.3) is 0 Å². The lowest BCUT2D eigenvalue weighted by molar-refractivity contribution is 0.0627. The van der Waals surface area contributed by atoms with E-state index in [1.165, 1.54) is 5.01 Å². The molecule has 2 aromatic heterocycles. The van der Waals surface area contributed by atoms with Crippen molar-refractivity contribution in [3.63, 3.8) is 0 Å². The third-order valence-electron chi connectivity index (χ3n) is 4.11. The van der Waals surface area contributed by atoms with Crippen molar-refractivity contribution in [3.05, 3.63) is 45.7 Å². The molecule has 0 N–H and O–H groups in total. The Kier molecular flexibility index (Phi) is 5.03. The molecule has 3 heterocycles. The van der Waals surface area contributed by atoms with Crippen LogP contribution in [0.2, 0.25) is 0 Å². The van der Waals surface area contributed by atoms with Gasteiger partial charge in [-0.25, -0.2) is 4.98 Å². The molecular weight excluding hydrogens is 308 g/mol. The van der Waals surface area contributed by atoms with Gasteiger partial charge in [0, 0.05) is 50.0 Å². The third-order valence-corrected chi connectivity index (χ3v) is 5.15. The van der Waals surface area contributed by atoms with Crippen LogP contribution in [0.1, 0.15) is 33.7 Å². The average molecular weight is 330 g/mol. The largest absolute Gasteiger partial charge is 0.336 e. The number of carbonyl (C=O) groups is 1.